The van der Waals surface area contributed by atoms with E-state index < -0.39 is 6.10 Å². The van der Waals surface area contributed by atoms with Gasteiger partial charge in [-0.05, 0) is 32.4 Å². The number of piperidine rings is 1. The average Bonchev–Trinajstić information content (AvgIpc) is 3.11. The second kappa shape index (κ2) is 4.82. The summed E-state index contributed by atoms with van der Waals surface area (Å²) in [6, 6.07) is 2.36. The van der Waals surface area contributed by atoms with Gasteiger partial charge in [0.15, 0.2) is 0 Å². The Morgan fingerprint density at radius 1 is 1.48 bits per heavy atom. The minimum Gasteiger partial charge on any atom is -0.385 e. The number of pyridine rings is 1. The molecule has 3 aromatic heterocycles. The molecule has 2 atom stereocenters. The lowest BCUT2D eigenvalue weighted by molar-refractivity contribution is 0.179. The number of hydrogen-bond acceptors (Lipinski definition) is 4. The predicted molar refractivity (Wildman–Crippen MR) is 81.2 cm³/mol. The van der Waals surface area contributed by atoms with Crippen LogP contribution in [0.1, 0.15) is 37.7 Å². The van der Waals surface area contributed by atoms with Crippen LogP contribution in [-0.4, -0.2) is 37.7 Å². The highest BCUT2D eigenvalue weighted by molar-refractivity contribution is 6.01. The van der Waals surface area contributed by atoms with Crippen LogP contribution in [-0.2, 0) is 0 Å². The average molecular weight is 285 g/mol. The summed E-state index contributed by atoms with van der Waals surface area (Å²) in [4.78, 5) is 12.2. The Bertz CT molecular complexity index is 782. The predicted octanol–water partition coefficient (Wildman–Crippen LogP) is 1.89. The van der Waals surface area contributed by atoms with E-state index in [4.69, 9.17) is 0 Å². The topological polar surface area (TPSA) is 78.8 Å². The van der Waals surface area contributed by atoms with Crippen molar-refractivity contribution < 1.29 is 5.11 Å². The molecule has 3 aromatic rings. The normalized spacial score (nSPS) is 21.1. The number of hydrogen-bond donors (Lipinski definition) is 3. The van der Waals surface area contributed by atoms with E-state index in [1.807, 2.05) is 12.3 Å². The molecule has 1 aliphatic heterocycles. The van der Waals surface area contributed by atoms with Gasteiger partial charge in [0, 0.05) is 24.2 Å². The maximum atomic E-state index is 10.1. The highest BCUT2D eigenvalue weighted by atomic mass is 16.3. The highest BCUT2D eigenvalue weighted by Crippen LogP contribution is 2.31. The Labute approximate surface area is 122 Å². The van der Waals surface area contributed by atoms with E-state index in [2.05, 4.69) is 24.8 Å². The zero-order valence-electron chi connectivity index (χ0n) is 12.0. The molecule has 1 unspecified atom stereocenters. The molecule has 6 heteroatoms. The summed E-state index contributed by atoms with van der Waals surface area (Å²) < 4.78 is 2.21. The molecule has 1 fully saturated rings. The van der Waals surface area contributed by atoms with E-state index in [9.17, 15) is 5.11 Å². The molecule has 4 rings (SSSR count). The van der Waals surface area contributed by atoms with E-state index in [1.54, 1.807) is 13.1 Å². The lowest BCUT2D eigenvalue weighted by Gasteiger charge is -2.27. The molecule has 1 aliphatic rings. The number of rotatable bonds is 2. The van der Waals surface area contributed by atoms with Crippen molar-refractivity contribution >= 4 is 22.1 Å². The summed E-state index contributed by atoms with van der Waals surface area (Å²) in [5.41, 5.74) is 2.79. The quantitative estimate of drug-likeness (QED) is 0.672. The maximum Gasteiger partial charge on any atom is 0.139 e. The fraction of sp³-hybridized carbons (Fsp3) is 0.467. The Balaban J connectivity index is 2.03. The van der Waals surface area contributed by atoms with Gasteiger partial charge in [-0.15, -0.1) is 0 Å². The van der Waals surface area contributed by atoms with Crippen molar-refractivity contribution in [2.24, 2.45) is 0 Å². The number of fused-ring (bicyclic) bond motifs is 3. The minimum atomic E-state index is -0.590. The summed E-state index contributed by atoms with van der Waals surface area (Å²) in [7, 11) is 0. The second-order valence-corrected chi connectivity index (χ2v) is 5.75. The van der Waals surface area contributed by atoms with Crippen LogP contribution in [0, 0.1) is 0 Å². The van der Waals surface area contributed by atoms with Crippen molar-refractivity contribution in [2.75, 3.05) is 13.1 Å². The lowest BCUT2D eigenvalue weighted by atomic mass is 10.1. The first-order valence-corrected chi connectivity index (χ1v) is 7.48. The molecular formula is C15H19N5O. The third kappa shape index (κ3) is 1.94. The van der Waals surface area contributed by atoms with E-state index in [-0.39, 0.29) is 0 Å². The van der Waals surface area contributed by atoms with Gasteiger partial charge < -0.3 is 20.0 Å². The van der Waals surface area contributed by atoms with Crippen LogP contribution in [0.4, 0.5) is 0 Å². The third-order valence-corrected chi connectivity index (χ3v) is 4.27. The molecular weight excluding hydrogens is 266 g/mol. The van der Waals surface area contributed by atoms with Crippen molar-refractivity contribution in [3.8, 4) is 0 Å². The fourth-order valence-electron chi connectivity index (χ4n) is 3.33. The molecule has 0 aliphatic carbocycles. The summed E-state index contributed by atoms with van der Waals surface area (Å²) in [5.74, 6) is 0.731. The minimum absolute atomic E-state index is 0.328. The number of aliphatic hydroxyl groups is 1. The van der Waals surface area contributed by atoms with Crippen LogP contribution in [0.5, 0.6) is 0 Å². The Hall–Kier alpha value is -1.92. The number of nitrogens with zero attached hydrogens (tertiary/aromatic N) is 3. The molecule has 0 amide bonds. The third-order valence-electron chi connectivity index (χ3n) is 4.27. The van der Waals surface area contributed by atoms with E-state index in [0.717, 1.165) is 53.8 Å². The van der Waals surface area contributed by atoms with Gasteiger partial charge in [0.1, 0.15) is 23.1 Å². The van der Waals surface area contributed by atoms with E-state index in [0.29, 0.717) is 6.04 Å². The summed E-state index contributed by atoms with van der Waals surface area (Å²) >= 11 is 0. The zero-order chi connectivity index (χ0) is 14.4. The van der Waals surface area contributed by atoms with Crippen molar-refractivity contribution in [2.45, 2.75) is 31.9 Å². The summed E-state index contributed by atoms with van der Waals surface area (Å²) in [6.45, 7) is 3.75. The van der Waals surface area contributed by atoms with Gasteiger partial charge >= 0.3 is 0 Å². The molecule has 0 bridgehead atoms. The van der Waals surface area contributed by atoms with Crippen LogP contribution in [0.15, 0.2) is 18.5 Å². The first-order chi connectivity index (χ1) is 10.3. The Kier molecular flexibility index (Phi) is 2.94. The maximum absolute atomic E-state index is 10.1. The molecule has 1 saturated heterocycles. The number of imidazole rings is 1. The summed E-state index contributed by atoms with van der Waals surface area (Å²) in [6.07, 6.45) is 5.34. The van der Waals surface area contributed by atoms with Crippen LogP contribution in [0.2, 0.25) is 0 Å². The van der Waals surface area contributed by atoms with Crippen molar-refractivity contribution in [1.82, 2.24) is 24.8 Å². The molecule has 6 nitrogen and oxygen atoms in total. The van der Waals surface area contributed by atoms with Crippen LogP contribution >= 0.6 is 0 Å². The van der Waals surface area contributed by atoms with Gasteiger partial charge in [-0.2, -0.15) is 0 Å². The van der Waals surface area contributed by atoms with Gasteiger partial charge in [-0.1, -0.05) is 0 Å². The SMILES string of the molecule is C[C@@H](O)c1nc2cnc3[nH]ccc3c2n1C1CCCNC1. The second-order valence-electron chi connectivity index (χ2n) is 5.75. The van der Waals surface area contributed by atoms with E-state index in [1.165, 1.54) is 0 Å². The first-order valence-electron chi connectivity index (χ1n) is 7.48. The van der Waals surface area contributed by atoms with Gasteiger partial charge in [-0.3, -0.25) is 0 Å². The van der Waals surface area contributed by atoms with Gasteiger partial charge in [0.25, 0.3) is 0 Å². The smallest absolute Gasteiger partial charge is 0.139 e. The molecule has 21 heavy (non-hydrogen) atoms. The van der Waals surface area contributed by atoms with Crippen LogP contribution in [0.3, 0.4) is 0 Å². The van der Waals surface area contributed by atoms with Gasteiger partial charge in [0.2, 0.25) is 0 Å². The number of aromatic amines is 1. The Morgan fingerprint density at radius 2 is 2.38 bits per heavy atom. The molecule has 0 aromatic carbocycles. The number of H-pyrrole nitrogens is 1. The molecule has 0 saturated carbocycles. The fourth-order valence-corrected chi connectivity index (χ4v) is 3.33. The number of aliphatic hydroxyl groups excluding tert-OH is 1. The zero-order valence-corrected chi connectivity index (χ0v) is 12.0. The lowest BCUT2D eigenvalue weighted by Crippen LogP contribution is -2.32. The highest BCUT2D eigenvalue weighted by Gasteiger charge is 2.24. The van der Waals surface area contributed by atoms with Gasteiger partial charge in [0.05, 0.1) is 11.7 Å². The monoisotopic (exact) mass is 285 g/mol. The molecule has 4 heterocycles. The molecule has 3 N–H and O–H groups in total. The molecule has 110 valence electrons. The van der Waals surface area contributed by atoms with E-state index >= 15 is 0 Å². The van der Waals surface area contributed by atoms with Crippen LogP contribution < -0.4 is 5.32 Å². The van der Waals surface area contributed by atoms with Crippen molar-refractivity contribution in [1.29, 1.82) is 0 Å². The van der Waals surface area contributed by atoms with Crippen molar-refractivity contribution in [3.63, 3.8) is 0 Å². The largest absolute Gasteiger partial charge is 0.385 e. The standard InChI is InChI=1S/C15H19N5O/c1-9(21)15-19-12-8-18-14-11(4-6-17-14)13(12)20(15)10-3-2-5-16-7-10/h4,6,8-10,16,21H,2-3,5,7H2,1H3,(H,17,18)/t9-,10?/m1/s1. The van der Waals surface area contributed by atoms with Gasteiger partial charge in [-0.25, -0.2) is 9.97 Å². The summed E-state index contributed by atoms with van der Waals surface area (Å²) in [5, 5.41) is 14.6. The molecule has 0 spiro atoms. The van der Waals surface area contributed by atoms with Crippen LogP contribution in [0.25, 0.3) is 22.1 Å². The Morgan fingerprint density at radius 3 is 3.14 bits per heavy atom. The molecule has 0 radical (unpaired) electrons. The number of aromatic nitrogens is 4. The first kappa shape index (κ1) is 12.8. The number of nitrogens with one attached hydrogen (secondary N) is 2. The van der Waals surface area contributed by atoms with Crippen molar-refractivity contribution in [3.05, 3.63) is 24.3 Å².